The number of rotatable bonds is 7. The van der Waals surface area contributed by atoms with Crippen molar-refractivity contribution < 1.29 is 9.47 Å². The summed E-state index contributed by atoms with van der Waals surface area (Å²) in [5, 5.41) is 0. The summed E-state index contributed by atoms with van der Waals surface area (Å²) in [6, 6.07) is 11.4. The molecule has 4 heteroatoms. The second kappa shape index (κ2) is 7.69. The van der Waals surface area contributed by atoms with Crippen LogP contribution in [-0.4, -0.2) is 18.2 Å². The molecule has 1 aromatic carbocycles. The van der Waals surface area contributed by atoms with E-state index in [1.165, 1.54) is 0 Å². The zero-order chi connectivity index (χ0) is 15.9. The Morgan fingerprint density at radius 3 is 2.64 bits per heavy atom. The van der Waals surface area contributed by atoms with Crippen LogP contribution in [0.25, 0.3) is 11.3 Å². The molecule has 1 aromatic heterocycles. The van der Waals surface area contributed by atoms with E-state index in [2.05, 4.69) is 18.8 Å². The molecule has 0 aliphatic heterocycles. The second-order valence-corrected chi connectivity index (χ2v) is 5.57. The molecule has 118 valence electrons. The lowest BCUT2D eigenvalue weighted by atomic mass is 10.1. The molecule has 2 aromatic rings. The molecule has 0 aliphatic rings. The van der Waals surface area contributed by atoms with Gasteiger partial charge in [0.15, 0.2) is 0 Å². The van der Waals surface area contributed by atoms with Crippen molar-refractivity contribution in [3.05, 3.63) is 36.4 Å². The van der Waals surface area contributed by atoms with Crippen molar-refractivity contribution in [3.63, 3.8) is 0 Å². The fourth-order valence-corrected chi connectivity index (χ4v) is 2.09. The number of ether oxygens (including phenoxy) is 2. The van der Waals surface area contributed by atoms with E-state index in [-0.39, 0.29) is 0 Å². The van der Waals surface area contributed by atoms with Gasteiger partial charge in [0, 0.05) is 11.6 Å². The summed E-state index contributed by atoms with van der Waals surface area (Å²) < 4.78 is 11.5. The first kappa shape index (κ1) is 16.1. The van der Waals surface area contributed by atoms with Gasteiger partial charge in [-0.15, -0.1) is 0 Å². The van der Waals surface area contributed by atoms with Crippen molar-refractivity contribution in [2.45, 2.75) is 27.2 Å². The van der Waals surface area contributed by atoms with Crippen molar-refractivity contribution in [3.8, 4) is 22.8 Å². The van der Waals surface area contributed by atoms with Crippen LogP contribution in [0, 0.1) is 5.92 Å². The van der Waals surface area contributed by atoms with E-state index in [4.69, 9.17) is 15.2 Å². The van der Waals surface area contributed by atoms with Crippen LogP contribution >= 0.6 is 0 Å². The maximum absolute atomic E-state index is 5.79. The van der Waals surface area contributed by atoms with Gasteiger partial charge in [-0.25, -0.2) is 4.98 Å². The average Bonchev–Trinajstić information content (AvgIpc) is 2.47. The Balaban J connectivity index is 2.23. The highest BCUT2D eigenvalue weighted by atomic mass is 16.5. The number of nitrogens with zero attached hydrogens (tertiary/aromatic N) is 1. The van der Waals surface area contributed by atoms with E-state index in [1.807, 2.05) is 37.3 Å². The SMILES string of the molecule is CCOc1cc(OCCC(C)C)ccc1-c1cccc(N)n1. The van der Waals surface area contributed by atoms with Crippen LogP contribution in [0.2, 0.25) is 0 Å². The van der Waals surface area contributed by atoms with E-state index in [9.17, 15) is 0 Å². The molecule has 22 heavy (non-hydrogen) atoms. The molecule has 0 atom stereocenters. The number of anilines is 1. The van der Waals surface area contributed by atoms with Crippen molar-refractivity contribution >= 4 is 5.82 Å². The number of nitrogen functional groups attached to an aromatic ring is 1. The third-order valence-electron chi connectivity index (χ3n) is 3.26. The zero-order valence-electron chi connectivity index (χ0n) is 13.5. The summed E-state index contributed by atoms with van der Waals surface area (Å²) in [6.07, 6.45) is 1.03. The molecule has 1 heterocycles. The van der Waals surface area contributed by atoms with Gasteiger partial charge in [-0.2, -0.15) is 0 Å². The highest BCUT2D eigenvalue weighted by molar-refractivity contribution is 5.69. The molecule has 0 amide bonds. The van der Waals surface area contributed by atoms with Crippen LogP contribution in [0.3, 0.4) is 0 Å². The minimum Gasteiger partial charge on any atom is -0.493 e. The molecule has 0 aliphatic carbocycles. The molecular formula is C18H24N2O2. The molecule has 0 radical (unpaired) electrons. The topological polar surface area (TPSA) is 57.4 Å². The number of hydrogen-bond acceptors (Lipinski definition) is 4. The Hall–Kier alpha value is -2.23. The summed E-state index contributed by atoms with van der Waals surface area (Å²) in [7, 11) is 0. The second-order valence-electron chi connectivity index (χ2n) is 5.57. The van der Waals surface area contributed by atoms with Crippen LogP contribution in [0.1, 0.15) is 27.2 Å². The largest absolute Gasteiger partial charge is 0.493 e. The minimum atomic E-state index is 0.497. The molecule has 0 unspecified atom stereocenters. The predicted molar refractivity (Wildman–Crippen MR) is 90.2 cm³/mol. The van der Waals surface area contributed by atoms with Gasteiger partial charge < -0.3 is 15.2 Å². The maximum Gasteiger partial charge on any atom is 0.132 e. The highest BCUT2D eigenvalue weighted by Gasteiger charge is 2.10. The Labute approximate surface area is 132 Å². The van der Waals surface area contributed by atoms with Gasteiger partial charge in [-0.05, 0) is 43.5 Å². The molecule has 4 nitrogen and oxygen atoms in total. The smallest absolute Gasteiger partial charge is 0.132 e. The standard InChI is InChI=1S/C18H24N2O2/c1-4-21-17-12-14(22-11-10-13(2)3)8-9-15(17)16-6-5-7-18(19)20-16/h5-9,12-13H,4,10-11H2,1-3H3,(H2,19,20). The Kier molecular flexibility index (Phi) is 5.64. The lowest BCUT2D eigenvalue weighted by molar-refractivity contribution is 0.286. The lowest BCUT2D eigenvalue weighted by Crippen LogP contribution is -2.02. The van der Waals surface area contributed by atoms with Crippen LogP contribution < -0.4 is 15.2 Å². The van der Waals surface area contributed by atoms with Gasteiger partial charge in [0.25, 0.3) is 0 Å². The van der Waals surface area contributed by atoms with E-state index in [1.54, 1.807) is 6.07 Å². The zero-order valence-corrected chi connectivity index (χ0v) is 13.5. The highest BCUT2D eigenvalue weighted by Crippen LogP contribution is 2.33. The van der Waals surface area contributed by atoms with Crippen molar-refractivity contribution in [2.24, 2.45) is 5.92 Å². The molecule has 0 bridgehead atoms. The summed E-state index contributed by atoms with van der Waals surface area (Å²) in [4.78, 5) is 4.36. The summed E-state index contributed by atoms with van der Waals surface area (Å²) in [6.45, 7) is 7.62. The molecule has 0 saturated carbocycles. The van der Waals surface area contributed by atoms with Crippen molar-refractivity contribution in [1.29, 1.82) is 0 Å². The van der Waals surface area contributed by atoms with Gasteiger partial charge in [-0.3, -0.25) is 0 Å². The number of benzene rings is 1. The molecule has 0 saturated heterocycles. The minimum absolute atomic E-state index is 0.497. The van der Waals surface area contributed by atoms with Crippen LogP contribution in [0.4, 0.5) is 5.82 Å². The molecule has 2 rings (SSSR count). The normalized spacial score (nSPS) is 10.7. The van der Waals surface area contributed by atoms with E-state index in [0.29, 0.717) is 24.9 Å². The Bertz CT molecular complexity index is 612. The van der Waals surface area contributed by atoms with Crippen molar-refractivity contribution in [2.75, 3.05) is 18.9 Å². The average molecular weight is 300 g/mol. The number of pyridine rings is 1. The Morgan fingerprint density at radius 1 is 1.14 bits per heavy atom. The van der Waals surface area contributed by atoms with Gasteiger partial charge in [0.1, 0.15) is 17.3 Å². The third kappa shape index (κ3) is 4.38. The van der Waals surface area contributed by atoms with Crippen molar-refractivity contribution in [1.82, 2.24) is 4.98 Å². The van der Waals surface area contributed by atoms with E-state index < -0.39 is 0 Å². The fourth-order valence-electron chi connectivity index (χ4n) is 2.09. The summed E-state index contributed by atoms with van der Waals surface area (Å²) >= 11 is 0. The summed E-state index contributed by atoms with van der Waals surface area (Å²) in [5.74, 6) is 2.71. The predicted octanol–water partition coefficient (Wildman–Crippen LogP) is 4.15. The van der Waals surface area contributed by atoms with Crippen LogP contribution in [0.5, 0.6) is 11.5 Å². The number of aromatic nitrogens is 1. The van der Waals surface area contributed by atoms with E-state index >= 15 is 0 Å². The quantitative estimate of drug-likeness (QED) is 0.834. The number of hydrogen-bond donors (Lipinski definition) is 1. The van der Waals surface area contributed by atoms with E-state index in [0.717, 1.165) is 29.2 Å². The van der Waals surface area contributed by atoms with Gasteiger partial charge in [0.05, 0.1) is 18.9 Å². The first-order valence-corrected chi connectivity index (χ1v) is 7.72. The van der Waals surface area contributed by atoms with Gasteiger partial charge in [-0.1, -0.05) is 19.9 Å². The van der Waals surface area contributed by atoms with Gasteiger partial charge in [0.2, 0.25) is 0 Å². The number of nitrogens with two attached hydrogens (primary N) is 1. The van der Waals surface area contributed by atoms with Crippen LogP contribution in [0.15, 0.2) is 36.4 Å². The Morgan fingerprint density at radius 2 is 1.95 bits per heavy atom. The molecule has 0 spiro atoms. The monoisotopic (exact) mass is 300 g/mol. The lowest BCUT2D eigenvalue weighted by Gasteiger charge is -2.13. The molecule has 2 N–H and O–H groups in total. The third-order valence-corrected chi connectivity index (χ3v) is 3.26. The maximum atomic E-state index is 5.79. The summed E-state index contributed by atoms with van der Waals surface area (Å²) in [5.41, 5.74) is 7.49. The first-order valence-electron chi connectivity index (χ1n) is 7.72. The first-order chi connectivity index (χ1) is 10.6. The fraction of sp³-hybridized carbons (Fsp3) is 0.389. The van der Waals surface area contributed by atoms with Gasteiger partial charge >= 0.3 is 0 Å². The molecule has 0 fully saturated rings. The molecular weight excluding hydrogens is 276 g/mol. The van der Waals surface area contributed by atoms with Crippen LogP contribution in [-0.2, 0) is 0 Å².